The fourth-order valence-electron chi connectivity index (χ4n) is 6.13. The lowest BCUT2D eigenvalue weighted by molar-refractivity contribution is -0.384. The lowest BCUT2D eigenvalue weighted by Crippen LogP contribution is -2.33. The van der Waals surface area contributed by atoms with E-state index in [-0.39, 0.29) is 49.6 Å². The van der Waals surface area contributed by atoms with Crippen molar-refractivity contribution in [2.45, 2.75) is 104 Å². The molecular weight excluding hydrogens is 843 g/mol. The first-order chi connectivity index (χ1) is 31.8. The third-order valence-electron chi connectivity index (χ3n) is 9.69. The Hall–Kier alpha value is -6.21. The number of nitrogens with zero attached hydrogens (tertiary/aromatic N) is 7. The summed E-state index contributed by atoms with van der Waals surface area (Å²) in [5.41, 5.74) is 4.02. The average molecular weight is 907 g/mol. The molecule has 0 saturated heterocycles. The molecule has 1 heterocycles. The number of ether oxygens (including phenoxy) is 2. The minimum absolute atomic E-state index is 0.0146. The number of fused-ring (bicyclic) bond motifs is 1. The third kappa shape index (κ3) is 18.3. The van der Waals surface area contributed by atoms with Gasteiger partial charge in [0.1, 0.15) is 23.3 Å². The molecule has 0 saturated carbocycles. The van der Waals surface area contributed by atoms with Crippen LogP contribution < -0.4 is 20.3 Å². The standard InChI is InChI=1S/C44H57N9O8S.CH4O/c1-6-8-24-45-42(56)21-22-43(57)61-31(4)29-46-41(55)14-12-10-9-11-13-35(54)23-25-52(7-2)33-17-15-32(16-18-33)48-50-38-26-30(3)37(28-39(38)60-5)49-51-44-47-36-20-19-34(53(58)59)27-40(36)62-44;1-2/h15-20,26-28,31H,6-14,21-25,29H2,1-5H3,(H,45,56)(H,46,55);2H,1H3/i4D;2T. The van der Waals surface area contributed by atoms with Gasteiger partial charge >= 0.3 is 5.97 Å². The quantitative estimate of drug-likeness (QED) is 0.0167. The van der Waals surface area contributed by atoms with Gasteiger partial charge in [-0.3, -0.25) is 29.3 Å². The van der Waals surface area contributed by atoms with E-state index in [1.165, 1.54) is 37.7 Å². The van der Waals surface area contributed by atoms with Gasteiger partial charge in [-0.2, -0.15) is 5.11 Å². The van der Waals surface area contributed by atoms with E-state index < -0.39 is 17.0 Å². The molecule has 1 unspecified atom stereocenters. The van der Waals surface area contributed by atoms with Crippen molar-refractivity contribution >= 4 is 78.7 Å². The fourth-order valence-corrected chi connectivity index (χ4v) is 6.95. The number of methoxy groups -OCH3 is 1. The number of esters is 1. The largest absolute Gasteiger partial charge is 0.494 e. The highest BCUT2D eigenvalue weighted by molar-refractivity contribution is 7.21. The summed E-state index contributed by atoms with van der Waals surface area (Å²) in [4.78, 5) is 66.1. The summed E-state index contributed by atoms with van der Waals surface area (Å²) in [5.74, 6) is -0.329. The highest BCUT2D eigenvalue weighted by Crippen LogP contribution is 2.38. The molecule has 0 aliphatic heterocycles. The Morgan fingerprint density at radius 1 is 0.922 bits per heavy atom. The molecule has 0 fully saturated rings. The van der Waals surface area contributed by atoms with Gasteiger partial charge in [0.2, 0.25) is 18.4 Å². The van der Waals surface area contributed by atoms with Crippen LogP contribution in [0, 0.1) is 17.0 Å². The number of ketones is 1. The van der Waals surface area contributed by atoms with Crippen molar-refractivity contribution < 1.29 is 40.1 Å². The Morgan fingerprint density at radius 2 is 1.64 bits per heavy atom. The van der Waals surface area contributed by atoms with E-state index in [0.29, 0.717) is 76.9 Å². The van der Waals surface area contributed by atoms with Gasteiger partial charge in [-0.1, -0.05) is 37.5 Å². The average Bonchev–Trinajstić information content (AvgIpc) is 3.73. The Kier molecular flexibility index (Phi) is 21.7. The number of aliphatic hydroxyl groups is 1. The number of carbonyl (C=O) groups is 4. The number of thiazole rings is 1. The van der Waals surface area contributed by atoms with Crippen LogP contribution in [0.1, 0.15) is 98.3 Å². The fraction of sp³-hybridized carbons (Fsp3) is 0.489. The van der Waals surface area contributed by atoms with E-state index in [2.05, 4.69) is 46.1 Å². The second kappa shape index (κ2) is 28.5. The third-order valence-corrected chi connectivity index (χ3v) is 10.6. The number of hydrogen-bond acceptors (Lipinski definition) is 16. The molecule has 2 amide bonds. The Labute approximate surface area is 381 Å². The van der Waals surface area contributed by atoms with Crippen molar-refractivity contribution in [1.29, 1.82) is 1.43 Å². The van der Waals surface area contributed by atoms with Crippen LogP contribution in [-0.2, 0) is 23.9 Å². The van der Waals surface area contributed by atoms with Crippen LogP contribution in [0.4, 0.5) is 33.6 Å². The summed E-state index contributed by atoms with van der Waals surface area (Å²) in [5, 5.41) is 37.9. The number of non-ortho nitro benzene ring substituents is 1. The number of amides is 2. The van der Waals surface area contributed by atoms with Crippen molar-refractivity contribution in [2.24, 2.45) is 20.5 Å². The first-order valence-electron chi connectivity index (χ1n) is 22.4. The van der Waals surface area contributed by atoms with Gasteiger partial charge in [0.25, 0.3) is 5.69 Å². The minimum atomic E-state index is -0.773. The molecule has 4 rings (SSSR count). The SMILES string of the molecule is [2H]CC(CNC(=O)CCCCCCC(=O)CCN(CC)c1ccc(N=Nc2cc(C)c(N=Nc3nc4ccc([N+](=O)[O-])cc4s3)cc2OC)cc1)OC(=O)CCC(=O)NCCCC.[3H]OC. The van der Waals surface area contributed by atoms with Crippen molar-refractivity contribution in [3.63, 3.8) is 0 Å². The van der Waals surface area contributed by atoms with Crippen LogP contribution in [0.5, 0.6) is 5.75 Å². The van der Waals surface area contributed by atoms with Gasteiger partial charge in [-0.05, 0) is 82.0 Å². The molecule has 346 valence electrons. The number of anilines is 1. The molecule has 4 aromatic rings. The summed E-state index contributed by atoms with van der Waals surface area (Å²) < 4.78 is 24.8. The van der Waals surface area contributed by atoms with E-state index in [4.69, 9.17) is 12.3 Å². The first-order valence-corrected chi connectivity index (χ1v) is 22.1. The summed E-state index contributed by atoms with van der Waals surface area (Å²) in [6.07, 6.45) is 5.25. The number of benzene rings is 3. The number of Topliss-reactive ketones (excluding diaryl/α,β-unsaturated/α-hetero) is 1. The molecule has 0 radical (unpaired) electrons. The molecule has 0 aliphatic rings. The smallest absolute Gasteiger partial charge is 0.306 e. The van der Waals surface area contributed by atoms with Crippen LogP contribution in [0.15, 0.2) is 75.1 Å². The zero-order chi connectivity index (χ0) is 48.3. The normalized spacial score (nSPS) is 12.0. The van der Waals surface area contributed by atoms with E-state index in [9.17, 15) is 29.3 Å². The van der Waals surface area contributed by atoms with Crippen LogP contribution in [-0.4, -0.2) is 86.5 Å². The highest BCUT2D eigenvalue weighted by atomic mass is 32.1. The van der Waals surface area contributed by atoms with Crippen molar-refractivity contribution in [1.82, 2.24) is 15.6 Å². The number of nitro groups is 1. The number of aromatic nitrogens is 1. The van der Waals surface area contributed by atoms with Crippen molar-refractivity contribution in [3.05, 3.63) is 70.3 Å². The van der Waals surface area contributed by atoms with Crippen LogP contribution in [0.2, 0.25) is 0 Å². The first kappa shape index (κ1) is 48.8. The number of aliphatic hydroxyl groups excluding tert-OH is 1. The zero-order valence-corrected chi connectivity index (χ0v) is 38.1. The van der Waals surface area contributed by atoms with Crippen molar-refractivity contribution in [2.75, 3.05) is 45.3 Å². The lowest BCUT2D eigenvalue weighted by atomic mass is 10.1. The monoisotopic (exact) mass is 906 g/mol. The molecule has 1 aromatic heterocycles. The molecule has 18 nitrogen and oxygen atoms in total. The Bertz CT molecular complexity index is 2240. The molecule has 3 aromatic carbocycles. The highest BCUT2D eigenvalue weighted by Gasteiger charge is 2.15. The number of hydrogen-bond donors (Lipinski definition) is 3. The zero-order valence-electron chi connectivity index (χ0n) is 39.3. The van der Waals surface area contributed by atoms with Gasteiger partial charge < -0.3 is 30.1 Å². The number of nitro benzene ring substituents is 1. The number of unbranched alkanes of at least 4 members (excludes halogenated alkanes) is 4. The maximum atomic E-state index is 12.7. The molecule has 1 atom stereocenters. The molecule has 19 heteroatoms. The Balaban J connectivity index is 0.00000375. The molecule has 0 spiro atoms. The molecule has 0 aliphatic carbocycles. The van der Waals surface area contributed by atoms with Gasteiger partial charge in [0.05, 0.1) is 46.6 Å². The summed E-state index contributed by atoms with van der Waals surface area (Å²) in [6.45, 7) is 7.66. The van der Waals surface area contributed by atoms with Crippen molar-refractivity contribution in [3.8, 4) is 5.75 Å². The van der Waals surface area contributed by atoms with E-state index in [0.717, 1.165) is 49.9 Å². The maximum absolute atomic E-state index is 12.7. The van der Waals surface area contributed by atoms with Crippen LogP contribution in [0.3, 0.4) is 0 Å². The predicted molar refractivity (Wildman–Crippen MR) is 248 cm³/mol. The van der Waals surface area contributed by atoms with Gasteiger partial charge in [-0.15, -0.1) is 15.3 Å². The number of aryl methyl sites for hydroxylation is 1. The molecular formula is C45H61N9O9S. The minimum Gasteiger partial charge on any atom is -0.494 e. The number of nitrogens with one attached hydrogen (secondary N) is 2. The van der Waals surface area contributed by atoms with E-state index in [1.54, 1.807) is 18.2 Å². The Morgan fingerprint density at radius 3 is 2.33 bits per heavy atom. The topological polar surface area (TPSA) is 240 Å². The van der Waals surface area contributed by atoms with Crippen LogP contribution >= 0.6 is 11.3 Å². The predicted octanol–water partition coefficient (Wildman–Crippen LogP) is 9.83. The number of rotatable bonds is 27. The second-order valence-electron chi connectivity index (χ2n) is 14.5. The van der Waals surface area contributed by atoms with E-state index >= 15 is 0 Å². The maximum Gasteiger partial charge on any atom is 0.306 e. The molecule has 3 N–H and O–H groups in total. The van der Waals surface area contributed by atoms with Gasteiger partial charge in [0.15, 0.2) is 0 Å². The molecule has 64 heavy (non-hydrogen) atoms. The van der Waals surface area contributed by atoms with E-state index in [1.807, 2.05) is 45.0 Å². The summed E-state index contributed by atoms with van der Waals surface area (Å²) >= 11 is 1.21. The second-order valence-corrected chi connectivity index (χ2v) is 15.5. The number of carbonyl (C=O) groups excluding carboxylic acids is 4. The summed E-state index contributed by atoms with van der Waals surface area (Å²) in [7, 11) is 2.82. The summed E-state index contributed by atoms with van der Waals surface area (Å²) in [6, 6.07) is 15.6. The van der Waals surface area contributed by atoms with Gasteiger partial charge in [-0.25, -0.2) is 4.98 Å². The van der Waals surface area contributed by atoms with Crippen LogP contribution in [0.25, 0.3) is 10.2 Å². The lowest BCUT2D eigenvalue weighted by Gasteiger charge is -2.22. The van der Waals surface area contributed by atoms with Gasteiger partial charge in [0, 0.05) is 77.7 Å². The number of azo groups is 2. The molecule has 0 bridgehead atoms.